The van der Waals surface area contributed by atoms with E-state index in [4.69, 9.17) is 54.8 Å². The fourth-order valence-corrected chi connectivity index (χ4v) is 18.7. The summed E-state index contributed by atoms with van der Waals surface area (Å²) in [6, 6.07) is 76.4. The number of rotatable bonds is 13. The van der Waals surface area contributed by atoms with Crippen LogP contribution in [0.5, 0.6) is 0 Å². The van der Waals surface area contributed by atoms with Crippen LogP contribution in [0.15, 0.2) is 358 Å². The molecule has 0 aliphatic heterocycles. The summed E-state index contributed by atoms with van der Waals surface area (Å²) in [5.41, 5.74) is -1.84. The van der Waals surface area contributed by atoms with Crippen LogP contribution in [-0.4, -0.2) is 92.9 Å². The van der Waals surface area contributed by atoms with Crippen LogP contribution in [0.4, 0.5) is 0 Å². The minimum Gasteiger partial charge on any atom is -0.305 e. The first-order chi connectivity index (χ1) is 72.9. The van der Waals surface area contributed by atoms with Gasteiger partial charge >= 0.3 is 463 Å². The van der Waals surface area contributed by atoms with Crippen molar-refractivity contribution in [2.45, 2.75) is 100 Å². The van der Waals surface area contributed by atoms with Crippen LogP contribution in [0, 0.1) is 48.5 Å². The molecule has 16 aromatic rings. The van der Waals surface area contributed by atoms with Gasteiger partial charge in [-0.05, 0) is 52.5 Å². The zero-order valence-electron chi connectivity index (χ0n) is 107. The molecule has 1 saturated carbocycles. The number of pyridine rings is 8. The van der Waals surface area contributed by atoms with Crippen molar-refractivity contribution in [3.8, 4) is 90.1 Å². The molecule has 0 atom stereocenters. The van der Waals surface area contributed by atoms with Gasteiger partial charge in [-0.3, -0.25) is 0 Å². The number of hydrogen-bond acceptors (Lipinski definition) is 8. The van der Waals surface area contributed by atoms with Crippen molar-refractivity contribution in [1.82, 2.24) is 39.9 Å². The second-order valence-electron chi connectivity index (χ2n) is 27.4. The van der Waals surface area contributed by atoms with Gasteiger partial charge in [0, 0.05) is 111 Å². The van der Waals surface area contributed by atoms with Gasteiger partial charge in [0.15, 0.2) is 0 Å². The molecule has 0 amide bonds. The van der Waals surface area contributed by atoms with Gasteiger partial charge in [-0.1, -0.05) is 48.4 Å². The third kappa shape index (κ3) is 34.4. The molecule has 0 unspecified atom stereocenters. The molecule has 4 radical (unpaired) electrons. The number of nitrogens with zero attached hydrogens (tertiary/aromatic N) is 8. The van der Waals surface area contributed by atoms with E-state index < -0.39 is 216 Å². The van der Waals surface area contributed by atoms with Gasteiger partial charge in [-0.15, -0.1) is 143 Å². The van der Waals surface area contributed by atoms with E-state index in [0.29, 0.717) is 26.9 Å². The molecule has 0 bridgehead atoms. The van der Waals surface area contributed by atoms with Crippen molar-refractivity contribution in [2.24, 2.45) is 0 Å². The van der Waals surface area contributed by atoms with Crippen LogP contribution in [0.2, 0.25) is 68.8 Å². The Morgan fingerprint density at radius 1 is 0.298 bits per heavy atom. The summed E-state index contributed by atoms with van der Waals surface area (Å²) in [5, 5.41) is 0. The third-order valence-corrected chi connectivity index (χ3v) is 30.9. The molecule has 8 heterocycles. The smallest absolute Gasteiger partial charge is 0.0160 e. The molecular formula is C105H104Ge4Ir4N8-8. The molecular weight excluding hydrogens is 2430 g/mol. The molecule has 1 fully saturated rings. The van der Waals surface area contributed by atoms with Crippen molar-refractivity contribution in [3.05, 3.63) is 413 Å². The van der Waals surface area contributed by atoms with Crippen LogP contribution >= 0.6 is 0 Å². The van der Waals surface area contributed by atoms with E-state index >= 15 is 0 Å². The van der Waals surface area contributed by atoms with E-state index in [-0.39, 0.29) is 131 Å². The monoisotopic (exact) mass is 2580 g/mol. The molecule has 8 aromatic heterocycles. The van der Waals surface area contributed by atoms with Crippen molar-refractivity contribution < 1.29 is 135 Å². The summed E-state index contributed by atoms with van der Waals surface area (Å²) in [4.78, 5) is 33.1. The van der Waals surface area contributed by atoms with Gasteiger partial charge in [0.2, 0.25) is 0 Å². The molecule has 1 aliphatic rings. The first-order valence-corrected chi connectivity index (χ1v) is 61.5. The van der Waals surface area contributed by atoms with E-state index in [1.54, 1.807) is 61.1 Å². The average Bonchev–Trinajstić information content (AvgIpc) is 1.51. The van der Waals surface area contributed by atoms with E-state index in [1.807, 2.05) is 140 Å². The van der Waals surface area contributed by atoms with E-state index in [9.17, 15) is 0 Å². The number of benzene rings is 8. The number of hydrogen-bond donors (Lipinski definition) is 0. The SMILES string of the molecule is [2H]C1([2H])C(c2cc(-c3[c-]cccc3)nc[c]2[Ge]([CH3])([CH3])[CH3])C([2H])([2H])C([2H])([2H])C1([2H])[2H].[2H][C]([2H])([2H])[Ge]([CH3])([c]1ccc(-c2[c-]cccc2)nc1)[C]([2H])([2H])[2H].[2H]c1[c-]c(-c2cc[c]([Ge]([CH3])([C]([2H])([2H])[2H])[C]([2H])([2H])[2H])cn2)c([2H])c([2H])c1[2H].[2H]c1[c-]c(-c2nc([2H])c([2H])c([2H])c2[2H])c([2H])c([2H])c1[2H].[2H]c1[c-]c(-c2nc([2H])c([2H])c([2H])c2[2H])c([2H])c([2H])c1[2H].[CH3][Ge]([CH3])([CH3])[c]1ccc(-c2[c-]cccc2)nc1.[Ir].[Ir].[Ir].[Ir].[c-]1ccccc1-c1ccccn1.[c-]1ccccc1-c1ccccn1. The van der Waals surface area contributed by atoms with Crippen LogP contribution in [0.1, 0.15) is 91.8 Å². The van der Waals surface area contributed by atoms with Gasteiger partial charge in [0.1, 0.15) is 0 Å². The molecule has 8 aromatic carbocycles. The maximum Gasteiger partial charge on any atom is 0.0160 e. The van der Waals surface area contributed by atoms with Gasteiger partial charge in [-0.2, -0.15) is 0 Å². The summed E-state index contributed by atoms with van der Waals surface area (Å²) in [7, 11) is 0. The van der Waals surface area contributed by atoms with Crippen molar-refractivity contribution in [2.75, 3.05) is 0 Å². The maximum atomic E-state index is 8.48. The molecule has 17 rings (SSSR count). The summed E-state index contributed by atoms with van der Waals surface area (Å²) in [6.45, 7) is 0. The molecule has 0 spiro atoms. The summed E-state index contributed by atoms with van der Waals surface area (Å²) in [6.07, 6.45) is -2.69. The predicted molar refractivity (Wildman–Crippen MR) is 501 cm³/mol. The van der Waals surface area contributed by atoms with Crippen LogP contribution in [0.25, 0.3) is 90.1 Å². The van der Waals surface area contributed by atoms with E-state index in [1.165, 1.54) is 40.4 Å². The minimum atomic E-state index is -4.55. The molecule has 0 saturated heterocycles. The fourth-order valence-electron chi connectivity index (χ4n) is 10.2. The Kier molecular flexibility index (Phi) is 24.8. The molecule has 8 nitrogen and oxygen atoms in total. The molecule has 0 N–H and O–H groups in total. The largest absolute Gasteiger partial charge is 0.305 e. The zero-order chi connectivity index (χ0) is 117. The fraction of sp³-hybridized carbons (Fsp3) is 0.162. The zero-order valence-corrected chi connectivity index (χ0v) is 84.5. The van der Waals surface area contributed by atoms with Crippen LogP contribution in [-0.2, 0) is 80.4 Å². The molecule has 1 aliphatic carbocycles. The van der Waals surface area contributed by atoms with E-state index in [0.717, 1.165) is 43.7 Å². The second-order valence-corrected chi connectivity index (χ2v) is 60.5. The van der Waals surface area contributed by atoms with Gasteiger partial charge in [0.05, 0.1) is 11.0 Å². The van der Waals surface area contributed by atoms with Gasteiger partial charge in [0.25, 0.3) is 0 Å². The Morgan fingerprint density at radius 2 is 0.620 bits per heavy atom. The maximum absolute atomic E-state index is 8.48. The van der Waals surface area contributed by atoms with Crippen molar-refractivity contribution in [3.63, 3.8) is 0 Å². The Hall–Kier alpha value is -8.27. The van der Waals surface area contributed by atoms with E-state index in [2.05, 4.69) is 135 Å². The quantitative estimate of drug-likeness (QED) is 0.0831. The predicted octanol–water partition coefficient (Wildman–Crippen LogP) is 24.2. The topological polar surface area (TPSA) is 103 Å². The first-order valence-electron chi connectivity index (χ1n) is 56.3. The van der Waals surface area contributed by atoms with Gasteiger partial charge < -0.3 is 19.9 Å². The molecule has 121 heavy (non-hydrogen) atoms. The summed E-state index contributed by atoms with van der Waals surface area (Å²) >= 11 is -13.3. The summed E-state index contributed by atoms with van der Waals surface area (Å²) < 4.78 is 313. The normalized spacial score (nSPS) is 18.0. The van der Waals surface area contributed by atoms with Crippen LogP contribution in [0.3, 0.4) is 0 Å². The standard InChI is InChI=1S/C19H24GeN.3C14H16GeN.4C11H8N.4Ir/c1-20(2,3)18-14-21-19(16-11-5-4-6-12-16)13-17(18)15-9-7-8-10-15;3*1-15(2,3)13-9-10-14(16-11-13)12-7-5-4-6-8-12;4*1-2-6-10(7-3-1)11-8-4-5-9-12-11;;;;/h4-6,11,13-15H,7-10H2,1-3H3;3*4-7,9-11H,1-3H3;4*1-6,8-9H;;;;/q8*-1;;;;/i7D2,8D2,9D2,10D2;1D3,2D3,4D,5D,6D,7D;1D3,2D3;;2*1D,2D,3D,4D,5D,6D,8D,9D;;;;;;. The minimum absolute atomic E-state index is 0. The van der Waals surface area contributed by atoms with Crippen molar-refractivity contribution in [1.29, 1.82) is 0 Å². The Morgan fingerprint density at radius 3 is 0.934 bits per heavy atom. The molecule has 16 heteroatoms. The number of aromatic nitrogens is 8. The van der Waals surface area contributed by atoms with Crippen LogP contribution < -0.4 is 17.6 Å². The Balaban J connectivity index is 0.000000282. The Bertz CT molecular complexity index is 7200. The second kappa shape index (κ2) is 53.0. The Labute approximate surface area is 842 Å². The van der Waals surface area contributed by atoms with Gasteiger partial charge in [-0.25, -0.2) is 0 Å². The van der Waals surface area contributed by atoms with Crippen molar-refractivity contribution >= 4 is 70.6 Å². The molecule has 624 valence electrons. The first kappa shape index (κ1) is 56.6. The third-order valence-electron chi connectivity index (χ3n) is 16.3. The summed E-state index contributed by atoms with van der Waals surface area (Å²) in [5.74, 6) is 14.5. The average molecular weight is 2580 g/mol.